The van der Waals surface area contributed by atoms with Gasteiger partial charge in [-0.05, 0) is 13.8 Å². The van der Waals surface area contributed by atoms with Crippen LogP contribution in [-0.4, -0.2) is 35.0 Å². The second-order valence-corrected chi connectivity index (χ2v) is 3.61. The Bertz CT molecular complexity index is 393. The normalized spacial score (nSPS) is 10.3. The van der Waals surface area contributed by atoms with Crippen LogP contribution in [0.3, 0.4) is 0 Å². The first-order valence-electron chi connectivity index (χ1n) is 4.89. The van der Waals surface area contributed by atoms with Gasteiger partial charge in [0.25, 0.3) is 0 Å². The van der Waals surface area contributed by atoms with Gasteiger partial charge in [-0.25, -0.2) is 9.97 Å². The predicted octanol–water partition coefficient (Wildman–Crippen LogP) is 1.27. The third kappa shape index (κ3) is 2.18. The van der Waals surface area contributed by atoms with Crippen LogP contribution >= 0.6 is 0 Å². The highest BCUT2D eigenvalue weighted by Crippen LogP contribution is 2.31. The average Bonchev–Trinajstić information content (AvgIpc) is 2.26. The molecule has 0 amide bonds. The van der Waals surface area contributed by atoms with Crippen molar-refractivity contribution in [2.24, 2.45) is 0 Å². The first-order valence-corrected chi connectivity index (χ1v) is 4.89. The van der Waals surface area contributed by atoms with Crippen LogP contribution in [0.2, 0.25) is 0 Å². The third-order valence-corrected chi connectivity index (χ3v) is 2.33. The summed E-state index contributed by atoms with van der Waals surface area (Å²) in [5, 5.41) is 13.7. The Kier molecular flexibility index (Phi) is 3.60. The Morgan fingerprint density at radius 2 is 2.12 bits per heavy atom. The molecule has 7 nitrogen and oxygen atoms in total. The fourth-order valence-corrected chi connectivity index (χ4v) is 1.22. The van der Waals surface area contributed by atoms with Crippen LogP contribution in [-0.2, 0) is 0 Å². The molecule has 88 valence electrons. The minimum atomic E-state index is -0.472. The molecule has 0 fully saturated rings. The molecule has 0 aliphatic carbocycles. The van der Waals surface area contributed by atoms with Gasteiger partial charge in [0.1, 0.15) is 6.33 Å². The molecule has 0 saturated carbocycles. The van der Waals surface area contributed by atoms with E-state index in [-0.39, 0.29) is 17.5 Å². The van der Waals surface area contributed by atoms with E-state index in [0.717, 1.165) is 0 Å². The molecule has 0 bridgehead atoms. The summed E-state index contributed by atoms with van der Waals surface area (Å²) in [6.07, 6.45) is 1.31. The fourth-order valence-electron chi connectivity index (χ4n) is 1.22. The summed E-state index contributed by atoms with van der Waals surface area (Å²) in [6, 6.07) is 0.123. The summed E-state index contributed by atoms with van der Waals surface area (Å²) in [5.41, 5.74) is -0.0961. The number of aromatic nitrogens is 2. The molecule has 1 aromatic rings. The molecular weight excluding hydrogens is 210 g/mol. The minimum absolute atomic E-state index is 0.0961. The van der Waals surface area contributed by atoms with E-state index in [2.05, 4.69) is 15.3 Å². The maximum Gasteiger partial charge on any atom is 0.353 e. The van der Waals surface area contributed by atoms with Crippen molar-refractivity contribution in [2.75, 3.05) is 24.3 Å². The molecule has 0 aromatic carbocycles. The van der Waals surface area contributed by atoms with Gasteiger partial charge in [0.05, 0.1) is 4.92 Å². The lowest BCUT2D eigenvalue weighted by molar-refractivity contribution is -0.383. The summed E-state index contributed by atoms with van der Waals surface area (Å²) in [6.45, 7) is 3.87. The molecule has 0 radical (unpaired) electrons. The van der Waals surface area contributed by atoms with E-state index in [0.29, 0.717) is 5.82 Å². The lowest BCUT2D eigenvalue weighted by atomic mass is 10.3. The van der Waals surface area contributed by atoms with E-state index in [9.17, 15) is 10.1 Å². The molecule has 16 heavy (non-hydrogen) atoms. The topological polar surface area (TPSA) is 84.2 Å². The van der Waals surface area contributed by atoms with Crippen molar-refractivity contribution >= 4 is 17.3 Å². The van der Waals surface area contributed by atoms with Crippen LogP contribution in [0.25, 0.3) is 0 Å². The van der Waals surface area contributed by atoms with Gasteiger partial charge >= 0.3 is 5.69 Å². The highest BCUT2D eigenvalue weighted by Gasteiger charge is 2.25. The Morgan fingerprint density at radius 3 is 2.56 bits per heavy atom. The standard InChI is InChI=1S/C9H15N5O2/c1-6(2)13(4)9-7(14(15)16)8(10-3)11-5-12-9/h5-6H,1-4H3,(H,10,11,12). The van der Waals surface area contributed by atoms with Crippen molar-refractivity contribution in [3.8, 4) is 0 Å². The van der Waals surface area contributed by atoms with Crippen molar-refractivity contribution < 1.29 is 4.92 Å². The molecule has 0 saturated heterocycles. The molecule has 0 spiro atoms. The zero-order valence-corrected chi connectivity index (χ0v) is 9.76. The summed E-state index contributed by atoms with van der Waals surface area (Å²) in [7, 11) is 3.36. The molecule has 1 heterocycles. The van der Waals surface area contributed by atoms with Gasteiger partial charge in [0, 0.05) is 20.1 Å². The largest absolute Gasteiger partial charge is 0.367 e. The van der Waals surface area contributed by atoms with Crippen LogP contribution in [0.5, 0.6) is 0 Å². The number of nitro groups is 1. The average molecular weight is 225 g/mol. The molecule has 0 unspecified atom stereocenters. The van der Waals surface area contributed by atoms with Gasteiger partial charge in [0.2, 0.25) is 11.6 Å². The van der Waals surface area contributed by atoms with E-state index in [4.69, 9.17) is 0 Å². The second-order valence-electron chi connectivity index (χ2n) is 3.61. The van der Waals surface area contributed by atoms with Crippen LogP contribution in [0.15, 0.2) is 6.33 Å². The van der Waals surface area contributed by atoms with Gasteiger partial charge in [0.15, 0.2) is 0 Å². The summed E-state index contributed by atoms with van der Waals surface area (Å²) >= 11 is 0. The number of hydrogen-bond donors (Lipinski definition) is 1. The number of nitrogens with one attached hydrogen (secondary N) is 1. The lowest BCUT2D eigenvalue weighted by Crippen LogP contribution is -2.27. The molecule has 0 atom stereocenters. The van der Waals surface area contributed by atoms with E-state index in [1.54, 1.807) is 19.0 Å². The molecule has 0 aliphatic heterocycles. The van der Waals surface area contributed by atoms with Gasteiger partial charge in [-0.1, -0.05) is 0 Å². The quantitative estimate of drug-likeness (QED) is 0.613. The molecule has 1 rings (SSSR count). The lowest BCUT2D eigenvalue weighted by Gasteiger charge is -2.22. The first kappa shape index (κ1) is 12.2. The number of rotatable bonds is 4. The molecule has 0 aliphatic rings. The van der Waals surface area contributed by atoms with Gasteiger partial charge in [-0.3, -0.25) is 10.1 Å². The van der Waals surface area contributed by atoms with Crippen LogP contribution < -0.4 is 10.2 Å². The van der Waals surface area contributed by atoms with Crippen molar-refractivity contribution in [2.45, 2.75) is 19.9 Å². The van der Waals surface area contributed by atoms with E-state index in [1.165, 1.54) is 6.33 Å². The molecule has 1 aromatic heterocycles. The maximum absolute atomic E-state index is 11.0. The maximum atomic E-state index is 11.0. The van der Waals surface area contributed by atoms with E-state index in [1.807, 2.05) is 13.8 Å². The fraction of sp³-hybridized carbons (Fsp3) is 0.556. The van der Waals surface area contributed by atoms with E-state index < -0.39 is 4.92 Å². The Hall–Kier alpha value is -1.92. The van der Waals surface area contributed by atoms with Crippen LogP contribution in [0.1, 0.15) is 13.8 Å². The molecule has 1 N–H and O–H groups in total. The van der Waals surface area contributed by atoms with Gasteiger partial charge < -0.3 is 10.2 Å². The summed E-state index contributed by atoms with van der Waals surface area (Å²) < 4.78 is 0. The Morgan fingerprint density at radius 1 is 1.50 bits per heavy atom. The van der Waals surface area contributed by atoms with Crippen LogP contribution in [0, 0.1) is 10.1 Å². The van der Waals surface area contributed by atoms with E-state index >= 15 is 0 Å². The zero-order chi connectivity index (χ0) is 12.3. The monoisotopic (exact) mass is 225 g/mol. The van der Waals surface area contributed by atoms with Crippen molar-refractivity contribution in [3.63, 3.8) is 0 Å². The minimum Gasteiger partial charge on any atom is -0.367 e. The van der Waals surface area contributed by atoms with Crippen molar-refractivity contribution in [1.29, 1.82) is 0 Å². The second kappa shape index (κ2) is 4.73. The van der Waals surface area contributed by atoms with Crippen molar-refractivity contribution in [1.82, 2.24) is 9.97 Å². The SMILES string of the molecule is CNc1ncnc(N(C)C(C)C)c1[N+](=O)[O-]. The summed E-state index contributed by atoms with van der Waals surface area (Å²) in [5.74, 6) is 0.543. The Balaban J connectivity index is 3.33. The highest BCUT2D eigenvalue weighted by atomic mass is 16.6. The van der Waals surface area contributed by atoms with Gasteiger partial charge in [-0.2, -0.15) is 0 Å². The number of anilines is 2. The smallest absolute Gasteiger partial charge is 0.353 e. The highest BCUT2D eigenvalue weighted by molar-refractivity contribution is 5.70. The van der Waals surface area contributed by atoms with Crippen LogP contribution in [0.4, 0.5) is 17.3 Å². The third-order valence-electron chi connectivity index (χ3n) is 2.33. The predicted molar refractivity (Wildman–Crippen MR) is 61.8 cm³/mol. The molecular formula is C9H15N5O2. The van der Waals surface area contributed by atoms with Gasteiger partial charge in [-0.15, -0.1) is 0 Å². The molecule has 7 heteroatoms. The number of nitrogens with zero attached hydrogens (tertiary/aromatic N) is 4. The Labute approximate surface area is 93.7 Å². The number of hydrogen-bond acceptors (Lipinski definition) is 6. The zero-order valence-electron chi connectivity index (χ0n) is 9.76. The van der Waals surface area contributed by atoms with Crippen molar-refractivity contribution in [3.05, 3.63) is 16.4 Å². The first-order chi connectivity index (χ1) is 7.49. The summed E-state index contributed by atoms with van der Waals surface area (Å²) in [4.78, 5) is 20.0.